The van der Waals surface area contributed by atoms with Gasteiger partial charge in [0.1, 0.15) is 12.4 Å². The van der Waals surface area contributed by atoms with E-state index in [-0.39, 0.29) is 36.3 Å². The largest absolute Gasteiger partial charge is 0.330 e. The van der Waals surface area contributed by atoms with Crippen LogP contribution in [0.25, 0.3) is 0 Å². The normalized spacial score (nSPS) is 17.1. The Balaban J connectivity index is 1.94. The first-order valence-electron chi connectivity index (χ1n) is 9.74. The minimum absolute atomic E-state index is 0.0198. The monoisotopic (exact) mass is 418 g/mol. The Hall–Kier alpha value is -1.85. The van der Waals surface area contributed by atoms with Crippen molar-refractivity contribution in [2.45, 2.75) is 45.7 Å². The van der Waals surface area contributed by atoms with Crippen molar-refractivity contribution in [1.82, 2.24) is 9.80 Å². The van der Waals surface area contributed by atoms with Gasteiger partial charge in [0, 0.05) is 17.5 Å². The Kier molecular flexibility index (Phi) is 6.78. The smallest absolute Gasteiger partial charge is 0.243 e. The van der Waals surface area contributed by atoms with Crippen LogP contribution in [-0.4, -0.2) is 46.6 Å². The van der Waals surface area contributed by atoms with E-state index in [2.05, 4.69) is 30.5 Å². The van der Waals surface area contributed by atoms with E-state index in [1.54, 1.807) is 16.2 Å². The summed E-state index contributed by atoms with van der Waals surface area (Å²) in [6, 6.07) is 10.2. The maximum Gasteiger partial charge on any atom is 0.243 e. The first-order chi connectivity index (χ1) is 13.5. The predicted molar refractivity (Wildman–Crippen MR) is 115 cm³/mol. The molecular formula is C22H27ClN2O2S. The average Bonchev–Trinajstić information content (AvgIpc) is 3.19. The summed E-state index contributed by atoms with van der Waals surface area (Å²) in [6.45, 7) is 6.79. The molecule has 0 fully saturated rings. The fourth-order valence-corrected chi connectivity index (χ4v) is 4.89. The van der Waals surface area contributed by atoms with Gasteiger partial charge in [0.25, 0.3) is 0 Å². The lowest BCUT2D eigenvalue weighted by molar-refractivity contribution is -0.142. The lowest BCUT2D eigenvalue weighted by atomic mass is 9.90. The Morgan fingerprint density at radius 3 is 2.71 bits per heavy atom. The van der Waals surface area contributed by atoms with Gasteiger partial charge in [-0.1, -0.05) is 31.2 Å². The van der Waals surface area contributed by atoms with Crippen molar-refractivity contribution in [3.8, 4) is 0 Å². The zero-order valence-corrected chi connectivity index (χ0v) is 18.2. The van der Waals surface area contributed by atoms with Crippen LogP contribution in [0.4, 0.5) is 0 Å². The molecule has 2 amide bonds. The first kappa shape index (κ1) is 20.9. The number of alkyl halides is 1. The van der Waals surface area contributed by atoms with Crippen molar-refractivity contribution < 1.29 is 9.59 Å². The number of rotatable bonds is 6. The minimum atomic E-state index is -0.190. The molecule has 6 heteroatoms. The molecule has 28 heavy (non-hydrogen) atoms. The molecule has 0 unspecified atom stereocenters. The number of carbonyl (C=O) groups excluding carboxylic acids is 2. The lowest BCUT2D eigenvalue weighted by Gasteiger charge is -2.39. The van der Waals surface area contributed by atoms with Crippen LogP contribution in [-0.2, 0) is 16.0 Å². The maximum absolute atomic E-state index is 13.4. The van der Waals surface area contributed by atoms with Crippen LogP contribution in [0, 0.1) is 6.92 Å². The van der Waals surface area contributed by atoms with Gasteiger partial charge in [0.05, 0.1) is 6.04 Å². The minimum Gasteiger partial charge on any atom is -0.330 e. The van der Waals surface area contributed by atoms with Gasteiger partial charge < -0.3 is 9.80 Å². The van der Waals surface area contributed by atoms with Crippen LogP contribution in [0.3, 0.4) is 0 Å². The summed E-state index contributed by atoms with van der Waals surface area (Å²) >= 11 is 7.55. The molecule has 4 nitrogen and oxygen atoms in total. The zero-order chi connectivity index (χ0) is 20.3. The van der Waals surface area contributed by atoms with Gasteiger partial charge in [-0.3, -0.25) is 9.59 Å². The molecule has 0 N–H and O–H groups in total. The Bertz CT molecular complexity index is 851. The molecule has 1 aliphatic heterocycles. The standard InChI is InChI=1S/C22H27ClN2O2S/c1-4-16(3)25(20(26)13-23)14-21(27)24-11-9-19-18(10-12-28-19)22(24)17-8-6-5-7-15(17)2/h5-8,10,12,16,22H,4,9,11,13-14H2,1-3H3/t16-,22-/m0/s1. The van der Waals surface area contributed by atoms with Gasteiger partial charge in [0.2, 0.25) is 11.8 Å². The van der Waals surface area contributed by atoms with E-state index in [0.29, 0.717) is 6.54 Å². The SMILES string of the molecule is CC[C@H](C)N(CC(=O)N1CCc2sccc2[C@@H]1c1ccccc1C)C(=O)CCl. The number of carbonyl (C=O) groups is 2. The van der Waals surface area contributed by atoms with Crippen molar-refractivity contribution in [3.05, 3.63) is 57.3 Å². The van der Waals surface area contributed by atoms with Gasteiger partial charge in [0.15, 0.2) is 0 Å². The van der Waals surface area contributed by atoms with Crippen molar-refractivity contribution >= 4 is 34.8 Å². The van der Waals surface area contributed by atoms with E-state index < -0.39 is 0 Å². The van der Waals surface area contributed by atoms with Gasteiger partial charge in [-0.15, -0.1) is 22.9 Å². The lowest BCUT2D eigenvalue weighted by Crippen LogP contribution is -2.49. The summed E-state index contributed by atoms with van der Waals surface area (Å²) in [5.41, 5.74) is 3.52. The number of benzene rings is 1. The number of hydrogen-bond acceptors (Lipinski definition) is 3. The Labute approximate surface area is 176 Å². The van der Waals surface area contributed by atoms with Crippen molar-refractivity contribution in [3.63, 3.8) is 0 Å². The topological polar surface area (TPSA) is 40.6 Å². The quantitative estimate of drug-likeness (QED) is 0.652. The van der Waals surface area contributed by atoms with Crippen molar-refractivity contribution in [2.75, 3.05) is 19.0 Å². The van der Waals surface area contributed by atoms with E-state index in [1.807, 2.05) is 30.9 Å². The summed E-state index contributed by atoms with van der Waals surface area (Å²) in [6.07, 6.45) is 1.64. The third kappa shape index (κ3) is 4.11. The molecule has 1 aliphatic rings. The van der Waals surface area contributed by atoms with Crippen LogP contribution in [0.15, 0.2) is 35.7 Å². The third-order valence-corrected chi connectivity index (χ3v) is 6.86. The van der Waals surface area contributed by atoms with Gasteiger partial charge in [-0.25, -0.2) is 0 Å². The van der Waals surface area contributed by atoms with Crippen molar-refractivity contribution in [1.29, 1.82) is 0 Å². The fraction of sp³-hybridized carbons (Fsp3) is 0.455. The van der Waals surface area contributed by atoms with Gasteiger partial charge in [-0.05, 0) is 54.8 Å². The molecule has 0 radical (unpaired) electrons. The second-order valence-electron chi connectivity index (χ2n) is 7.31. The average molecular weight is 419 g/mol. The summed E-state index contributed by atoms with van der Waals surface area (Å²) in [4.78, 5) is 30.6. The fourth-order valence-electron chi connectivity index (χ4n) is 3.84. The molecule has 1 aromatic heterocycles. The highest BCUT2D eigenvalue weighted by molar-refractivity contribution is 7.10. The molecule has 1 aromatic carbocycles. The molecule has 2 aromatic rings. The number of amides is 2. The van der Waals surface area contributed by atoms with E-state index in [0.717, 1.165) is 18.4 Å². The molecular weight excluding hydrogens is 392 g/mol. The molecule has 150 valence electrons. The highest BCUT2D eigenvalue weighted by Crippen LogP contribution is 2.39. The van der Waals surface area contributed by atoms with Crippen LogP contribution >= 0.6 is 22.9 Å². The summed E-state index contributed by atoms with van der Waals surface area (Å²) < 4.78 is 0. The van der Waals surface area contributed by atoms with E-state index >= 15 is 0 Å². The Morgan fingerprint density at radius 1 is 1.29 bits per heavy atom. The molecule has 0 bridgehead atoms. The van der Waals surface area contributed by atoms with Crippen molar-refractivity contribution in [2.24, 2.45) is 0 Å². The van der Waals surface area contributed by atoms with E-state index in [4.69, 9.17) is 11.6 Å². The number of halogens is 1. The van der Waals surface area contributed by atoms with E-state index in [1.165, 1.54) is 16.0 Å². The summed E-state index contributed by atoms with van der Waals surface area (Å²) in [5.74, 6) is -0.318. The molecule has 2 heterocycles. The highest BCUT2D eigenvalue weighted by Gasteiger charge is 2.35. The number of thiophene rings is 1. The second kappa shape index (κ2) is 9.10. The highest BCUT2D eigenvalue weighted by atomic mass is 35.5. The molecule has 0 spiro atoms. The first-order valence-corrected chi connectivity index (χ1v) is 11.2. The predicted octanol–water partition coefficient (Wildman–Crippen LogP) is 4.40. The summed E-state index contributed by atoms with van der Waals surface area (Å²) in [7, 11) is 0. The number of aryl methyl sites for hydroxylation is 1. The molecule has 2 atom stereocenters. The van der Waals surface area contributed by atoms with Crippen LogP contribution in [0.1, 0.15) is 47.9 Å². The molecule has 0 saturated heterocycles. The van der Waals surface area contributed by atoms with Crippen LogP contribution < -0.4 is 0 Å². The number of hydrogen-bond donors (Lipinski definition) is 0. The van der Waals surface area contributed by atoms with Gasteiger partial charge in [-0.2, -0.15) is 0 Å². The number of fused-ring (bicyclic) bond motifs is 1. The molecule has 0 aliphatic carbocycles. The van der Waals surface area contributed by atoms with Crippen LogP contribution in [0.5, 0.6) is 0 Å². The second-order valence-corrected chi connectivity index (χ2v) is 8.58. The summed E-state index contributed by atoms with van der Waals surface area (Å²) in [5, 5.41) is 2.10. The third-order valence-electron chi connectivity index (χ3n) is 5.63. The Morgan fingerprint density at radius 2 is 2.04 bits per heavy atom. The maximum atomic E-state index is 13.4. The zero-order valence-electron chi connectivity index (χ0n) is 16.7. The molecule has 3 rings (SSSR count). The van der Waals surface area contributed by atoms with Crippen LogP contribution in [0.2, 0.25) is 0 Å². The number of nitrogens with zero attached hydrogens (tertiary/aromatic N) is 2. The molecule has 0 saturated carbocycles. The van der Waals surface area contributed by atoms with E-state index in [9.17, 15) is 9.59 Å². The van der Waals surface area contributed by atoms with Gasteiger partial charge >= 0.3 is 0 Å².